The first kappa shape index (κ1) is 17.6. The van der Waals surface area contributed by atoms with E-state index in [2.05, 4.69) is 39.2 Å². The van der Waals surface area contributed by atoms with Crippen molar-refractivity contribution in [3.05, 3.63) is 0 Å². The van der Waals surface area contributed by atoms with Gasteiger partial charge in [0.25, 0.3) is 0 Å². The number of aliphatic carboxylic acids is 1. The maximum Gasteiger partial charge on any atom is 0.321 e. The molecule has 1 N–H and O–H groups in total. The largest absolute Gasteiger partial charge is 0.480 e. The molecule has 2 heterocycles. The van der Waals surface area contributed by atoms with Gasteiger partial charge in [0.2, 0.25) is 0 Å². The molecule has 0 spiro atoms. The molecule has 0 aromatic heterocycles. The Morgan fingerprint density at radius 2 is 1.60 bits per heavy atom. The zero-order valence-electron chi connectivity index (χ0n) is 12.8. The summed E-state index contributed by atoms with van der Waals surface area (Å²) >= 11 is 0. The smallest absolute Gasteiger partial charge is 0.321 e. The van der Waals surface area contributed by atoms with Gasteiger partial charge in [0.15, 0.2) is 0 Å². The van der Waals surface area contributed by atoms with E-state index in [0.29, 0.717) is 5.92 Å². The molecule has 0 bridgehead atoms. The molecule has 4 radical (unpaired) electrons. The molecule has 0 aliphatic carbocycles. The first-order valence-electron chi connectivity index (χ1n) is 7.56. The van der Waals surface area contributed by atoms with Gasteiger partial charge in [0.05, 0.1) is 0 Å². The average molecular weight is 276 g/mol. The third-order valence-electron chi connectivity index (χ3n) is 4.67. The first-order chi connectivity index (χ1) is 9.58. The average Bonchev–Trinajstić information content (AvgIpc) is 2.45. The van der Waals surface area contributed by atoms with Crippen molar-refractivity contribution in [3.63, 3.8) is 0 Å². The van der Waals surface area contributed by atoms with Crippen LogP contribution in [-0.4, -0.2) is 75.6 Å². The fraction of sp³-hybridized carbons (Fsp3) is 0.929. The summed E-state index contributed by atoms with van der Waals surface area (Å²) in [6.07, 6.45) is 4.35. The summed E-state index contributed by atoms with van der Waals surface area (Å²) in [5.74, 6) is 0.486. The molecule has 2 rings (SSSR count). The van der Waals surface area contributed by atoms with Crippen molar-refractivity contribution >= 4 is 21.4 Å². The van der Waals surface area contributed by atoms with Crippen molar-refractivity contribution in [2.24, 2.45) is 11.8 Å². The Balaban J connectivity index is 0.000000956. The zero-order valence-corrected chi connectivity index (χ0v) is 12.8. The highest BCUT2D eigenvalue weighted by Crippen LogP contribution is 2.27. The van der Waals surface area contributed by atoms with Crippen LogP contribution >= 0.6 is 0 Å². The highest BCUT2D eigenvalue weighted by Gasteiger charge is 2.36. The number of rotatable bonds is 3. The molecule has 1 atom stereocenters. The molecule has 1 unspecified atom stereocenters. The number of hydrogen-bond donors (Lipinski definition) is 1. The first-order valence-corrected chi connectivity index (χ1v) is 7.56. The summed E-state index contributed by atoms with van der Waals surface area (Å²) in [7, 11) is 10.1. The molecule has 0 aromatic rings. The molecule has 0 saturated carbocycles. The number of carboxylic acid groups (broad SMARTS) is 1. The summed E-state index contributed by atoms with van der Waals surface area (Å²) < 4.78 is 0. The van der Waals surface area contributed by atoms with Crippen molar-refractivity contribution in [1.82, 2.24) is 9.80 Å². The summed E-state index contributed by atoms with van der Waals surface area (Å²) in [5, 5.41) is 9.55. The number of carbonyl (C=O) groups is 1. The molecule has 0 amide bonds. The minimum atomic E-state index is -0.612. The predicted molar refractivity (Wildman–Crippen MR) is 83.1 cm³/mol. The fourth-order valence-electron chi connectivity index (χ4n) is 3.31. The Bertz CT molecular complexity index is 267. The van der Waals surface area contributed by atoms with Gasteiger partial charge in [0.1, 0.15) is 6.04 Å². The van der Waals surface area contributed by atoms with Crippen LogP contribution in [-0.2, 0) is 4.79 Å². The third-order valence-corrected chi connectivity index (χ3v) is 4.67. The number of piperidine rings is 2. The highest BCUT2D eigenvalue weighted by atomic mass is 16.4. The lowest BCUT2D eigenvalue weighted by molar-refractivity contribution is -0.147. The Morgan fingerprint density at radius 3 is 2.05 bits per heavy atom. The van der Waals surface area contributed by atoms with Gasteiger partial charge in [-0.3, -0.25) is 9.69 Å². The van der Waals surface area contributed by atoms with Crippen LogP contribution in [0.5, 0.6) is 0 Å². The van der Waals surface area contributed by atoms with Gasteiger partial charge < -0.3 is 10.0 Å². The van der Waals surface area contributed by atoms with Gasteiger partial charge in [-0.2, -0.15) is 0 Å². The standard InChI is InChI=1S/C14H26N2O2.B2/c1-11-3-9-16(10-4-11)13(14(17)18)12-5-7-15(2)8-6-12;1-2/h11-13H,3-10H2,1-2H3,(H,17,18);. The van der Waals surface area contributed by atoms with Crippen LogP contribution in [0, 0.1) is 11.8 Å². The lowest BCUT2D eigenvalue weighted by Gasteiger charge is -2.40. The number of carboxylic acids is 1. The van der Waals surface area contributed by atoms with Crippen molar-refractivity contribution < 1.29 is 9.90 Å². The number of nitrogens with zero attached hydrogens (tertiary/aromatic N) is 2. The Morgan fingerprint density at radius 1 is 1.10 bits per heavy atom. The molecular weight excluding hydrogens is 250 g/mol. The summed E-state index contributed by atoms with van der Waals surface area (Å²) in [5.41, 5.74) is 0. The SMILES string of the molecule is CC1CCN(C(C(=O)O)C2CCN(C)CC2)CC1.[B][B]. The molecule has 2 aliphatic rings. The van der Waals surface area contributed by atoms with Gasteiger partial charge >= 0.3 is 5.97 Å². The summed E-state index contributed by atoms with van der Waals surface area (Å²) in [6.45, 7) is 6.27. The van der Waals surface area contributed by atoms with Crippen LogP contribution in [0.25, 0.3) is 0 Å². The minimum absolute atomic E-state index is 0.244. The molecule has 20 heavy (non-hydrogen) atoms. The van der Waals surface area contributed by atoms with Gasteiger partial charge in [-0.25, -0.2) is 0 Å². The van der Waals surface area contributed by atoms with E-state index in [1.807, 2.05) is 0 Å². The van der Waals surface area contributed by atoms with E-state index >= 15 is 0 Å². The Labute approximate surface area is 125 Å². The van der Waals surface area contributed by atoms with Crippen LogP contribution in [0.3, 0.4) is 0 Å². The van der Waals surface area contributed by atoms with E-state index in [1.165, 1.54) is 0 Å². The lowest BCUT2D eigenvalue weighted by Crippen LogP contribution is -2.51. The molecule has 2 saturated heterocycles. The van der Waals surface area contributed by atoms with Crippen LogP contribution in [0.4, 0.5) is 0 Å². The quantitative estimate of drug-likeness (QED) is 0.773. The van der Waals surface area contributed by atoms with E-state index < -0.39 is 5.97 Å². The number of likely N-dealkylation sites (tertiary alicyclic amines) is 2. The van der Waals surface area contributed by atoms with Crippen LogP contribution in [0.15, 0.2) is 0 Å². The van der Waals surface area contributed by atoms with Crippen LogP contribution in [0.1, 0.15) is 32.6 Å². The number of hydrogen-bond acceptors (Lipinski definition) is 3. The Kier molecular flexibility index (Phi) is 7.67. The summed E-state index contributed by atoms with van der Waals surface area (Å²) in [4.78, 5) is 16.1. The molecule has 2 fully saturated rings. The fourth-order valence-corrected chi connectivity index (χ4v) is 3.31. The molecule has 0 aromatic carbocycles. The highest BCUT2D eigenvalue weighted by molar-refractivity contribution is 6.75. The van der Waals surface area contributed by atoms with E-state index in [-0.39, 0.29) is 6.04 Å². The van der Waals surface area contributed by atoms with Gasteiger partial charge in [-0.05, 0) is 70.7 Å². The van der Waals surface area contributed by atoms with Gasteiger partial charge in [-0.1, -0.05) is 6.92 Å². The lowest BCUT2D eigenvalue weighted by atomic mass is 9.81. The molecule has 110 valence electrons. The van der Waals surface area contributed by atoms with E-state index in [9.17, 15) is 9.90 Å². The molecule has 6 heteroatoms. The molecule has 2 aliphatic heterocycles. The predicted octanol–water partition coefficient (Wildman–Crippen LogP) is 0.752. The van der Waals surface area contributed by atoms with Crippen molar-refractivity contribution in [3.8, 4) is 0 Å². The summed E-state index contributed by atoms with van der Waals surface area (Å²) in [6, 6.07) is -0.244. The zero-order chi connectivity index (χ0) is 15.1. The second kappa shape index (κ2) is 8.73. The van der Waals surface area contributed by atoms with E-state index in [1.54, 1.807) is 0 Å². The molecule has 4 nitrogen and oxygen atoms in total. The Hall–Kier alpha value is -0.480. The minimum Gasteiger partial charge on any atom is -0.480 e. The second-order valence-electron chi connectivity index (χ2n) is 6.14. The maximum atomic E-state index is 11.6. The van der Waals surface area contributed by atoms with E-state index in [0.717, 1.165) is 57.8 Å². The third kappa shape index (κ3) is 4.81. The molecular formula is C14H26B2N2O2. The monoisotopic (exact) mass is 276 g/mol. The maximum absolute atomic E-state index is 11.6. The van der Waals surface area contributed by atoms with Crippen molar-refractivity contribution in [2.45, 2.75) is 38.6 Å². The second-order valence-corrected chi connectivity index (χ2v) is 6.14. The van der Waals surface area contributed by atoms with Gasteiger partial charge in [-0.15, -0.1) is 0 Å². The van der Waals surface area contributed by atoms with Gasteiger partial charge in [0, 0.05) is 15.5 Å². The van der Waals surface area contributed by atoms with Crippen LogP contribution < -0.4 is 0 Å². The van der Waals surface area contributed by atoms with Crippen molar-refractivity contribution in [1.29, 1.82) is 0 Å². The van der Waals surface area contributed by atoms with E-state index in [4.69, 9.17) is 0 Å². The topological polar surface area (TPSA) is 43.8 Å². The van der Waals surface area contributed by atoms with Crippen LogP contribution in [0.2, 0.25) is 0 Å². The normalized spacial score (nSPS) is 24.7. The van der Waals surface area contributed by atoms with Crippen molar-refractivity contribution in [2.75, 3.05) is 33.2 Å².